The number of carbonyl (C=O) groups is 1. The first kappa shape index (κ1) is 21.2. The molecule has 0 spiro atoms. The number of rotatable bonds is 8. The lowest BCUT2D eigenvalue weighted by molar-refractivity contribution is 0.0729. The average Bonchev–Trinajstić information content (AvgIpc) is 2.79. The lowest BCUT2D eigenvalue weighted by Gasteiger charge is -2.16. The number of methoxy groups -OCH3 is 3. The van der Waals surface area contributed by atoms with Gasteiger partial charge in [-0.15, -0.1) is 0 Å². The van der Waals surface area contributed by atoms with E-state index in [1.165, 1.54) is 7.11 Å². The molecule has 1 N–H and O–H groups in total. The number of esters is 1. The highest BCUT2D eigenvalue weighted by atomic mass is 16.6. The van der Waals surface area contributed by atoms with Crippen LogP contribution in [0, 0.1) is 0 Å². The molecule has 3 aromatic rings. The van der Waals surface area contributed by atoms with Crippen LogP contribution in [-0.4, -0.2) is 32.4 Å². The molecule has 0 saturated heterocycles. The van der Waals surface area contributed by atoms with Crippen molar-refractivity contribution in [3.63, 3.8) is 0 Å². The molecule has 0 aliphatic carbocycles. The Morgan fingerprint density at radius 1 is 0.833 bits per heavy atom. The van der Waals surface area contributed by atoms with Gasteiger partial charge < -0.3 is 24.1 Å². The quantitative estimate of drug-likeness (QED) is 0.445. The molecule has 3 aromatic carbocycles. The van der Waals surface area contributed by atoms with E-state index in [1.54, 1.807) is 62.8 Å². The minimum absolute atomic E-state index is 0.283. The molecule has 6 heteroatoms. The Labute approximate surface area is 175 Å². The molecular weight excluding hydrogens is 384 g/mol. The number of aliphatic hydroxyl groups excluding tert-OH is 1. The lowest BCUT2D eigenvalue weighted by Crippen LogP contribution is -2.09. The predicted octanol–water partition coefficient (Wildman–Crippen LogP) is 4.21. The first-order valence-corrected chi connectivity index (χ1v) is 9.39. The minimum Gasteiger partial charge on any atom is -0.497 e. The summed E-state index contributed by atoms with van der Waals surface area (Å²) in [7, 11) is 4.64. The molecular formula is C24H24O6. The molecule has 0 amide bonds. The highest BCUT2D eigenvalue weighted by Gasteiger charge is 2.16. The van der Waals surface area contributed by atoms with Crippen molar-refractivity contribution < 1.29 is 28.8 Å². The van der Waals surface area contributed by atoms with Crippen molar-refractivity contribution in [1.82, 2.24) is 0 Å². The normalized spacial score (nSPS) is 11.5. The van der Waals surface area contributed by atoms with Gasteiger partial charge in [-0.05, 0) is 47.5 Å². The van der Waals surface area contributed by atoms with Crippen LogP contribution in [0.5, 0.6) is 23.0 Å². The van der Waals surface area contributed by atoms with E-state index in [4.69, 9.17) is 18.9 Å². The molecule has 0 heterocycles. The maximum atomic E-state index is 12.3. The van der Waals surface area contributed by atoms with Gasteiger partial charge in [0, 0.05) is 12.5 Å². The van der Waals surface area contributed by atoms with E-state index < -0.39 is 12.1 Å². The summed E-state index contributed by atoms with van der Waals surface area (Å²) in [5.41, 5.74) is 1.93. The minimum atomic E-state index is -0.797. The zero-order chi connectivity index (χ0) is 21.5. The van der Waals surface area contributed by atoms with Crippen LogP contribution in [0.1, 0.15) is 27.6 Å². The van der Waals surface area contributed by atoms with Crippen LogP contribution in [0.3, 0.4) is 0 Å². The Balaban J connectivity index is 1.78. The van der Waals surface area contributed by atoms with Crippen LogP contribution in [0.2, 0.25) is 0 Å². The molecule has 0 aliphatic rings. The zero-order valence-electron chi connectivity index (χ0n) is 17.1. The molecule has 3 rings (SSSR count). The standard InChI is InChI=1S/C24H24O6/c1-27-19-11-16(12-20(15-19)28-2)13-21(25)18-9-10-22(23(14-18)29-3)30-24(26)17-7-5-4-6-8-17/h4-12,14-15,21,25H,13H2,1-3H3. The van der Waals surface area contributed by atoms with Gasteiger partial charge in [-0.1, -0.05) is 24.3 Å². The summed E-state index contributed by atoms with van der Waals surface area (Å²) in [4.78, 5) is 12.3. The molecule has 0 aliphatic heterocycles. The predicted molar refractivity (Wildman–Crippen MR) is 113 cm³/mol. The van der Waals surface area contributed by atoms with Gasteiger partial charge in [-0.2, -0.15) is 0 Å². The van der Waals surface area contributed by atoms with Crippen molar-refractivity contribution in [2.75, 3.05) is 21.3 Å². The number of hydrogen-bond acceptors (Lipinski definition) is 6. The van der Waals surface area contributed by atoms with E-state index in [0.29, 0.717) is 34.8 Å². The van der Waals surface area contributed by atoms with Crippen LogP contribution < -0.4 is 18.9 Å². The van der Waals surface area contributed by atoms with Crippen LogP contribution >= 0.6 is 0 Å². The maximum absolute atomic E-state index is 12.3. The third-order valence-electron chi connectivity index (χ3n) is 4.62. The molecule has 0 fully saturated rings. The number of ether oxygens (including phenoxy) is 4. The van der Waals surface area contributed by atoms with Gasteiger partial charge in [-0.25, -0.2) is 4.79 Å². The molecule has 30 heavy (non-hydrogen) atoms. The molecule has 1 atom stereocenters. The second kappa shape index (κ2) is 9.80. The number of aliphatic hydroxyl groups is 1. The summed E-state index contributed by atoms with van der Waals surface area (Å²) in [5.74, 6) is 1.46. The van der Waals surface area contributed by atoms with E-state index in [1.807, 2.05) is 18.2 Å². The summed E-state index contributed by atoms with van der Waals surface area (Å²) >= 11 is 0. The van der Waals surface area contributed by atoms with Gasteiger partial charge >= 0.3 is 5.97 Å². The molecule has 0 radical (unpaired) electrons. The Morgan fingerprint density at radius 2 is 1.50 bits per heavy atom. The molecule has 156 valence electrons. The number of carbonyl (C=O) groups excluding carboxylic acids is 1. The fourth-order valence-electron chi connectivity index (χ4n) is 3.03. The fourth-order valence-corrected chi connectivity index (χ4v) is 3.03. The largest absolute Gasteiger partial charge is 0.497 e. The zero-order valence-corrected chi connectivity index (χ0v) is 17.1. The van der Waals surface area contributed by atoms with Crippen molar-refractivity contribution in [3.05, 3.63) is 83.4 Å². The second-order valence-electron chi connectivity index (χ2n) is 6.61. The molecule has 6 nitrogen and oxygen atoms in total. The SMILES string of the molecule is COc1cc(CC(O)c2ccc(OC(=O)c3ccccc3)c(OC)c2)cc(OC)c1. The third kappa shape index (κ3) is 5.10. The lowest BCUT2D eigenvalue weighted by atomic mass is 10.0. The van der Waals surface area contributed by atoms with Gasteiger partial charge in [0.15, 0.2) is 11.5 Å². The van der Waals surface area contributed by atoms with E-state index in [2.05, 4.69) is 0 Å². The smallest absolute Gasteiger partial charge is 0.343 e. The van der Waals surface area contributed by atoms with Gasteiger partial charge in [0.1, 0.15) is 11.5 Å². The van der Waals surface area contributed by atoms with E-state index in [0.717, 1.165) is 5.56 Å². The highest BCUT2D eigenvalue weighted by Crippen LogP contribution is 2.33. The molecule has 0 bridgehead atoms. The second-order valence-corrected chi connectivity index (χ2v) is 6.61. The number of hydrogen-bond donors (Lipinski definition) is 1. The maximum Gasteiger partial charge on any atom is 0.343 e. The van der Waals surface area contributed by atoms with Crippen molar-refractivity contribution >= 4 is 5.97 Å². The Morgan fingerprint density at radius 3 is 2.10 bits per heavy atom. The Bertz CT molecular complexity index is 978. The molecule has 0 saturated carbocycles. The summed E-state index contributed by atoms with van der Waals surface area (Å²) in [6, 6.07) is 19.2. The van der Waals surface area contributed by atoms with Gasteiger partial charge in [0.05, 0.1) is 33.0 Å². The first-order chi connectivity index (χ1) is 14.5. The summed E-state index contributed by atoms with van der Waals surface area (Å²) in [6.45, 7) is 0. The summed E-state index contributed by atoms with van der Waals surface area (Å²) in [5, 5.41) is 10.7. The van der Waals surface area contributed by atoms with Crippen molar-refractivity contribution in [2.24, 2.45) is 0 Å². The van der Waals surface area contributed by atoms with Gasteiger partial charge in [0.2, 0.25) is 0 Å². The summed E-state index contributed by atoms with van der Waals surface area (Å²) in [6.07, 6.45) is -0.450. The van der Waals surface area contributed by atoms with E-state index >= 15 is 0 Å². The van der Waals surface area contributed by atoms with E-state index in [-0.39, 0.29) is 5.75 Å². The van der Waals surface area contributed by atoms with Crippen LogP contribution in [0.25, 0.3) is 0 Å². The topological polar surface area (TPSA) is 74.2 Å². The number of benzene rings is 3. The Hall–Kier alpha value is -3.51. The van der Waals surface area contributed by atoms with Gasteiger partial charge in [0.25, 0.3) is 0 Å². The first-order valence-electron chi connectivity index (χ1n) is 9.39. The summed E-state index contributed by atoms with van der Waals surface area (Å²) < 4.78 is 21.4. The molecule has 1 unspecified atom stereocenters. The monoisotopic (exact) mass is 408 g/mol. The fraction of sp³-hybridized carbons (Fsp3) is 0.208. The van der Waals surface area contributed by atoms with E-state index in [9.17, 15) is 9.90 Å². The van der Waals surface area contributed by atoms with Crippen molar-refractivity contribution in [2.45, 2.75) is 12.5 Å². The van der Waals surface area contributed by atoms with Crippen molar-refractivity contribution in [1.29, 1.82) is 0 Å². The van der Waals surface area contributed by atoms with Crippen molar-refractivity contribution in [3.8, 4) is 23.0 Å². The Kier molecular flexibility index (Phi) is 6.93. The van der Waals surface area contributed by atoms with Crippen LogP contribution in [0.15, 0.2) is 66.7 Å². The molecule has 0 aromatic heterocycles. The average molecular weight is 408 g/mol. The third-order valence-corrected chi connectivity index (χ3v) is 4.62. The van der Waals surface area contributed by atoms with Crippen LogP contribution in [0.4, 0.5) is 0 Å². The highest BCUT2D eigenvalue weighted by molar-refractivity contribution is 5.91. The van der Waals surface area contributed by atoms with Crippen LogP contribution in [-0.2, 0) is 6.42 Å². The van der Waals surface area contributed by atoms with Gasteiger partial charge in [-0.3, -0.25) is 0 Å².